The Balaban J connectivity index is 1.94. The topological polar surface area (TPSA) is 55.9 Å². The van der Waals surface area contributed by atoms with Gasteiger partial charge in [0, 0.05) is 24.5 Å². The molecule has 0 bridgehead atoms. The van der Waals surface area contributed by atoms with E-state index in [2.05, 4.69) is 10.4 Å². The van der Waals surface area contributed by atoms with Crippen molar-refractivity contribution in [2.45, 2.75) is 26.8 Å². The highest BCUT2D eigenvalue weighted by molar-refractivity contribution is 7.80. The molecule has 112 valence electrons. The van der Waals surface area contributed by atoms with Crippen molar-refractivity contribution in [2.24, 2.45) is 5.73 Å². The summed E-state index contributed by atoms with van der Waals surface area (Å²) in [5.74, 6) is -0.397. The lowest BCUT2D eigenvalue weighted by atomic mass is 10.1. The van der Waals surface area contributed by atoms with Crippen molar-refractivity contribution in [3.63, 3.8) is 0 Å². The van der Waals surface area contributed by atoms with Crippen LogP contribution in [-0.4, -0.2) is 21.3 Å². The number of hydrogen-bond donors (Lipinski definition) is 2. The number of anilines is 1. The maximum atomic E-state index is 13.7. The molecule has 6 heteroatoms. The number of halogens is 1. The third-order valence-electron chi connectivity index (χ3n) is 3.23. The zero-order valence-electron chi connectivity index (χ0n) is 12.2. The van der Waals surface area contributed by atoms with Gasteiger partial charge in [-0.2, -0.15) is 5.10 Å². The van der Waals surface area contributed by atoms with Gasteiger partial charge in [-0.3, -0.25) is 4.68 Å². The Morgan fingerprint density at radius 2 is 2.19 bits per heavy atom. The molecule has 1 aromatic carbocycles. The van der Waals surface area contributed by atoms with E-state index in [1.807, 2.05) is 24.6 Å². The van der Waals surface area contributed by atoms with E-state index in [1.165, 1.54) is 6.07 Å². The Hall–Kier alpha value is -1.95. The Morgan fingerprint density at radius 1 is 1.43 bits per heavy atom. The SMILES string of the molecule is Cc1cc(C)n(CCCNc2cccc(F)c2C(N)=S)n1. The summed E-state index contributed by atoms with van der Waals surface area (Å²) in [6.07, 6.45) is 0.870. The van der Waals surface area contributed by atoms with Crippen molar-refractivity contribution >= 4 is 22.9 Å². The lowest BCUT2D eigenvalue weighted by Crippen LogP contribution is -2.16. The summed E-state index contributed by atoms with van der Waals surface area (Å²) in [4.78, 5) is 0.0640. The monoisotopic (exact) mass is 306 g/mol. The molecule has 0 saturated carbocycles. The van der Waals surface area contributed by atoms with Gasteiger partial charge < -0.3 is 11.1 Å². The van der Waals surface area contributed by atoms with Gasteiger partial charge in [0.1, 0.15) is 10.8 Å². The number of aromatic nitrogens is 2. The molecule has 0 aliphatic carbocycles. The fraction of sp³-hybridized carbons (Fsp3) is 0.333. The molecule has 0 fully saturated rings. The van der Waals surface area contributed by atoms with Gasteiger partial charge in [-0.1, -0.05) is 18.3 Å². The molecule has 0 aliphatic heterocycles. The Labute approximate surface area is 129 Å². The number of rotatable bonds is 6. The predicted octanol–water partition coefficient (Wildman–Crippen LogP) is 2.78. The lowest BCUT2D eigenvalue weighted by Gasteiger charge is -2.12. The van der Waals surface area contributed by atoms with Crippen LogP contribution in [0.5, 0.6) is 0 Å². The van der Waals surface area contributed by atoms with E-state index in [0.29, 0.717) is 12.2 Å². The molecule has 2 rings (SSSR count). The summed E-state index contributed by atoms with van der Waals surface area (Å²) in [7, 11) is 0. The molecule has 0 atom stereocenters. The average molecular weight is 306 g/mol. The number of nitrogens with zero attached hydrogens (tertiary/aromatic N) is 2. The van der Waals surface area contributed by atoms with Gasteiger partial charge in [0.15, 0.2) is 0 Å². The van der Waals surface area contributed by atoms with Gasteiger partial charge in [0.05, 0.1) is 11.3 Å². The normalized spacial score (nSPS) is 10.6. The fourth-order valence-corrected chi connectivity index (χ4v) is 2.48. The fourth-order valence-electron chi connectivity index (χ4n) is 2.28. The molecule has 0 unspecified atom stereocenters. The second kappa shape index (κ2) is 6.67. The standard InChI is InChI=1S/C15H19FN4S/c1-10-9-11(2)20(19-10)8-4-7-18-13-6-3-5-12(16)14(13)15(17)21/h3,5-6,9,18H,4,7-8H2,1-2H3,(H2,17,21). The maximum Gasteiger partial charge on any atom is 0.135 e. The first kappa shape index (κ1) is 15.4. The summed E-state index contributed by atoms with van der Waals surface area (Å²) in [5.41, 5.74) is 8.64. The van der Waals surface area contributed by atoms with Crippen molar-refractivity contribution < 1.29 is 4.39 Å². The molecular weight excluding hydrogens is 287 g/mol. The first-order valence-electron chi connectivity index (χ1n) is 6.82. The zero-order valence-corrected chi connectivity index (χ0v) is 13.0. The molecular formula is C15H19FN4S. The van der Waals surface area contributed by atoms with Crippen LogP contribution in [0.2, 0.25) is 0 Å². The number of aryl methyl sites for hydroxylation is 3. The summed E-state index contributed by atoms with van der Waals surface area (Å²) < 4.78 is 15.7. The van der Waals surface area contributed by atoms with Crippen molar-refractivity contribution in [3.05, 3.63) is 47.0 Å². The minimum Gasteiger partial charge on any atom is -0.389 e. The van der Waals surface area contributed by atoms with Crippen molar-refractivity contribution in [3.8, 4) is 0 Å². The van der Waals surface area contributed by atoms with E-state index in [1.54, 1.807) is 12.1 Å². The van der Waals surface area contributed by atoms with Crippen molar-refractivity contribution in [2.75, 3.05) is 11.9 Å². The van der Waals surface area contributed by atoms with E-state index >= 15 is 0 Å². The van der Waals surface area contributed by atoms with E-state index in [-0.39, 0.29) is 10.6 Å². The van der Waals surface area contributed by atoms with E-state index in [0.717, 1.165) is 24.4 Å². The number of nitrogens with two attached hydrogens (primary N) is 1. The summed E-state index contributed by atoms with van der Waals surface area (Å²) in [6.45, 7) is 5.51. The first-order chi connectivity index (χ1) is 9.99. The van der Waals surface area contributed by atoms with Crippen LogP contribution in [0.15, 0.2) is 24.3 Å². The third-order valence-corrected chi connectivity index (χ3v) is 3.43. The number of hydrogen-bond acceptors (Lipinski definition) is 3. The molecule has 0 aliphatic rings. The molecule has 0 spiro atoms. The first-order valence-corrected chi connectivity index (χ1v) is 7.23. The number of nitrogens with one attached hydrogen (secondary N) is 1. The van der Waals surface area contributed by atoms with E-state index in [4.69, 9.17) is 18.0 Å². The van der Waals surface area contributed by atoms with E-state index < -0.39 is 5.82 Å². The van der Waals surface area contributed by atoms with Gasteiger partial charge in [0.2, 0.25) is 0 Å². The highest BCUT2D eigenvalue weighted by Crippen LogP contribution is 2.18. The quantitative estimate of drug-likeness (QED) is 0.636. The third kappa shape index (κ3) is 3.78. The van der Waals surface area contributed by atoms with Gasteiger partial charge in [0.25, 0.3) is 0 Å². The second-order valence-electron chi connectivity index (χ2n) is 4.96. The summed E-state index contributed by atoms with van der Waals surface area (Å²) in [6, 6.07) is 6.82. The van der Waals surface area contributed by atoms with Gasteiger partial charge in [-0.25, -0.2) is 4.39 Å². The number of thiocarbonyl (C=S) groups is 1. The van der Waals surface area contributed by atoms with Crippen LogP contribution in [0.1, 0.15) is 23.4 Å². The van der Waals surface area contributed by atoms with Gasteiger partial charge in [-0.15, -0.1) is 0 Å². The van der Waals surface area contributed by atoms with Gasteiger partial charge in [-0.05, 0) is 38.5 Å². The summed E-state index contributed by atoms with van der Waals surface area (Å²) >= 11 is 4.90. The van der Waals surface area contributed by atoms with Crippen LogP contribution in [0.25, 0.3) is 0 Å². The van der Waals surface area contributed by atoms with Crippen LogP contribution in [0.4, 0.5) is 10.1 Å². The molecule has 21 heavy (non-hydrogen) atoms. The largest absolute Gasteiger partial charge is 0.389 e. The Morgan fingerprint density at radius 3 is 2.81 bits per heavy atom. The molecule has 2 aromatic rings. The van der Waals surface area contributed by atoms with Crippen LogP contribution in [-0.2, 0) is 6.54 Å². The highest BCUT2D eigenvalue weighted by atomic mass is 32.1. The molecule has 0 amide bonds. The molecule has 3 N–H and O–H groups in total. The molecule has 0 radical (unpaired) electrons. The minimum atomic E-state index is -0.397. The predicted molar refractivity (Wildman–Crippen MR) is 87.1 cm³/mol. The molecule has 1 aromatic heterocycles. The highest BCUT2D eigenvalue weighted by Gasteiger charge is 2.10. The zero-order chi connectivity index (χ0) is 15.4. The molecule has 1 heterocycles. The smallest absolute Gasteiger partial charge is 0.135 e. The number of benzene rings is 1. The minimum absolute atomic E-state index is 0.0640. The average Bonchev–Trinajstić information content (AvgIpc) is 2.72. The Bertz CT molecular complexity index is 651. The van der Waals surface area contributed by atoms with Crippen molar-refractivity contribution in [1.82, 2.24) is 9.78 Å². The molecule has 0 saturated heterocycles. The molecule has 4 nitrogen and oxygen atoms in total. The maximum absolute atomic E-state index is 13.7. The van der Waals surface area contributed by atoms with Crippen LogP contribution < -0.4 is 11.1 Å². The van der Waals surface area contributed by atoms with Crippen LogP contribution in [0, 0.1) is 19.7 Å². The summed E-state index contributed by atoms with van der Waals surface area (Å²) in [5, 5.41) is 7.59. The van der Waals surface area contributed by atoms with Gasteiger partial charge >= 0.3 is 0 Å². The van der Waals surface area contributed by atoms with Crippen LogP contribution >= 0.6 is 12.2 Å². The van der Waals surface area contributed by atoms with Crippen molar-refractivity contribution in [1.29, 1.82) is 0 Å². The second-order valence-corrected chi connectivity index (χ2v) is 5.40. The van der Waals surface area contributed by atoms with E-state index in [9.17, 15) is 4.39 Å². The lowest BCUT2D eigenvalue weighted by molar-refractivity contribution is 0.573. The Kier molecular flexibility index (Phi) is 4.90. The van der Waals surface area contributed by atoms with Crippen LogP contribution in [0.3, 0.4) is 0 Å².